The number of hydroxylamine groups is 2. The Morgan fingerprint density at radius 3 is 2.43 bits per heavy atom. The summed E-state index contributed by atoms with van der Waals surface area (Å²) in [6.07, 6.45) is 0.571. The van der Waals surface area contributed by atoms with Gasteiger partial charge in [0.05, 0.1) is 0 Å². The van der Waals surface area contributed by atoms with Crippen LogP contribution in [-0.2, 0) is 26.6 Å². The number of benzene rings is 2. The molecule has 0 spiro atoms. The minimum atomic E-state index is -0.507. The van der Waals surface area contributed by atoms with E-state index in [9.17, 15) is 4.79 Å². The van der Waals surface area contributed by atoms with Gasteiger partial charge < -0.3 is 4.74 Å². The second-order valence-corrected chi connectivity index (χ2v) is 6.05. The van der Waals surface area contributed by atoms with Gasteiger partial charge in [-0.3, -0.25) is 9.63 Å². The molecule has 1 saturated heterocycles. The maximum absolute atomic E-state index is 12.4. The van der Waals surface area contributed by atoms with E-state index in [4.69, 9.17) is 9.57 Å². The molecule has 1 aliphatic rings. The largest absolute Gasteiger partial charge is 0.460 e. The first-order valence-electron chi connectivity index (χ1n) is 7.76. The number of ether oxygens (including phenoxy) is 1. The normalized spacial score (nSPS) is 24.5. The molecule has 1 aliphatic heterocycles. The van der Waals surface area contributed by atoms with Gasteiger partial charge in [-0.2, -0.15) is 5.06 Å². The van der Waals surface area contributed by atoms with Crippen molar-refractivity contribution in [2.75, 3.05) is 7.05 Å². The summed E-state index contributed by atoms with van der Waals surface area (Å²) < 4.78 is 5.45. The van der Waals surface area contributed by atoms with Gasteiger partial charge in [0.15, 0.2) is 0 Å². The standard InChI is InChI=1S/C19H21NO3/c1-19(16-11-7-4-8-12-16)13-17(20(2)23-19)18(21)22-14-15-9-5-3-6-10-15/h3-12,17H,13-14H2,1-2H3/t17-,19+/m1/s1. The van der Waals surface area contributed by atoms with Crippen LogP contribution in [0.15, 0.2) is 60.7 Å². The fraction of sp³-hybridized carbons (Fsp3) is 0.316. The van der Waals surface area contributed by atoms with Crippen molar-refractivity contribution < 1.29 is 14.4 Å². The molecule has 0 unspecified atom stereocenters. The minimum absolute atomic E-state index is 0.254. The number of carbonyl (C=O) groups is 1. The van der Waals surface area contributed by atoms with Gasteiger partial charge in [0.25, 0.3) is 0 Å². The highest BCUT2D eigenvalue weighted by Gasteiger charge is 2.45. The van der Waals surface area contributed by atoms with Crippen LogP contribution >= 0.6 is 0 Å². The Bertz CT molecular complexity index is 659. The van der Waals surface area contributed by atoms with Crippen LogP contribution in [0.3, 0.4) is 0 Å². The second kappa shape index (κ2) is 6.52. The van der Waals surface area contributed by atoms with E-state index >= 15 is 0 Å². The third kappa shape index (κ3) is 3.44. The number of hydrogen-bond donors (Lipinski definition) is 0. The fourth-order valence-corrected chi connectivity index (χ4v) is 2.93. The SMILES string of the molecule is CN1O[C@](C)(c2ccccc2)C[C@@H]1C(=O)OCc1ccccc1. The molecular weight excluding hydrogens is 290 g/mol. The quantitative estimate of drug-likeness (QED) is 0.812. The van der Waals surface area contributed by atoms with Gasteiger partial charge in [0, 0.05) is 13.5 Å². The first kappa shape index (κ1) is 15.7. The Balaban J connectivity index is 1.65. The number of likely N-dealkylation sites (N-methyl/N-ethyl adjacent to an activating group) is 1. The zero-order valence-corrected chi connectivity index (χ0v) is 13.4. The highest BCUT2D eigenvalue weighted by atomic mass is 16.7. The third-order valence-electron chi connectivity index (χ3n) is 4.25. The van der Waals surface area contributed by atoms with Crippen LogP contribution < -0.4 is 0 Å². The van der Waals surface area contributed by atoms with Crippen molar-refractivity contribution in [3.63, 3.8) is 0 Å². The predicted octanol–water partition coefficient (Wildman–Crippen LogP) is 3.28. The van der Waals surface area contributed by atoms with Gasteiger partial charge in [0.2, 0.25) is 0 Å². The summed E-state index contributed by atoms with van der Waals surface area (Å²) in [5.74, 6) is -0.254. The van der Waals surface area contributed by atoms with Crippen molar-refractivity contribution in [2.24, 2.45) is 0 Å². The summed E-state index contributed by atoms with van der Waals surface area (Å²) >= 11 is 0. The molecule has 0 saturated carbocycles. The number of carbonyl (C=O) groups excluding carboxylic acids is 1. The molecule has 3 rings (SSSR count). The second-order valence-electron chi connectivity index (χ2n) is 6.05. The summed E-state index contributed by atoms with van der Waals surface area (Å²) in [4.78, 5) is 18.4. The van der Waals surface area contributed by atoms with Crippen LogP contribution in [-0.4, -0.2) is 24.1 Å². The molecule has 4 nitrogen and oxygen atoms in total. The van der Waals surface area contributed by atoms with Crippen LogP contribution in [0.4, 0.5) is 0 Å². The molecule has 1 fully saturated rings. The number of esters is 1. The van der Waals surface area contributed by atoms with Crippen molar-refractivity contribution in [1.82, 2.24) is 5.06 Å². The van der Waals surface area contributed by atoms with Crippen molar-refractivity contribution in [1.29, 1.82) is 0 Å². The minimum Gasteiger partial charge on any atom is -0.460 e. The van der Waals surface area contributed by atoms with E-state index in [0.717, 1.165) is 11.1 Å². The lowest BCUT2D eigenvalue weighted by Gasteiger charge is -2.23. The average Bonchev–Trinajstić information content (AvgIpc) is 2.91. The van der Waals surface area contributed by atoms with E-state index < -0.39 is 11.6 Å². The molecule has 2 atom stereocenters. The number of rotatable bonds is 4. The molecule has 0 N–H and O–H groups in total. The van der Waals surface area contributed by atoms with Crippen LogP contribution in [0.5, 0.6) is 0 Å². The Labute approximate surface area is 136 Å². The molecule has 1 heterocycles. The molecular formula is C19H21NO3. The Morgan fingerprint density at radius 1 is 1.17 bits per heavy atom. The smallest absolute Gasteiger partial charge is 0.326 e. The van der Waals surface area contributed by atoms with Crippen LogP contribution in [0.25, 0.3) is 0 Å². The molecule has 2 aromatic rings. The molecule has 0 amide bonds. The van der Waals surface area contributed by atoms with Crippen molar-refractivity contribution in [3.8, 4) is 0 Å². The highest BCUT2D eigenvalue weighted by molar-refractivity contribution is 5.76. The maximum Gasteiger partial charge on any atom is 0.326 e. The fourth-order valence-electron chi connectivity index (χ4n) is 2.93. The van der Waals surface area contributed by atoms with Crippen molar-refractivity contribution >= 4 is 5.97 Å². The first-order chi connectivity index (χ1) is 11.1. The van der Waals surface area contributed by atoms with E-state index in [2.05, 4.69) is 0 Å². The van der Waals surface area contributed by atoms with E-state index in [0.29, 0.717) is 6.42 Å². The van der Waals surface area contributed by atoms with Gasteiger partial charge in [-0.1, -0.05) is 60.7 Å². The maximum atomic E-state index is 12.4. The topological polar surface area (TPSA) is 38.8 Å². The van der Waals surface area contributed by atoms with Crippen molar-refractivity contribution in [2.45, 2.75) is 31.6 Å². The summed E-state index contributed by atoms with van der Waals surface area (Å²) in [5, 5.41) is 1.61. The van der Waals surface area contributed by atoms with Gasteiger partial charge in [-0.15, -0.1) is 0 Å². The molecule has 120 valence electrons. The Morgan fingerprint density at radius 2 is 1.78 bits per heavy atom. The predicted molar refractivity (Wildman–Crippen MR) is 87.3 cm³/mol. The average molecular weight is 311 g/mol. The van der Waals surface area contributed by atoms with Gasteiger partial charge in [-0.05, 0) is 18.1 Å². The number of nitrogens with zero attached hydrogens (tertiary/aromatic N) is 1. The van der Waals surface area contributed by atoms with E-state index in [-0.39, 0.29) is 12.6 Å². The molecule has 23 heavy (non-hydrogen) atoms. The Hall–Kier alpha value is -2.17. The van der Waals surface area contributed by atoms with Crippen molar-refractivity contribution in [3.05, 3.63) is 71.8 Å². The molecule has 0 bridgehead atoms. The molecule has 2 aromatic carbocycles. The molecule has 0 aliphatic carbocycles. The van der Waals surface area contributed by atoms with Gasteiger partial charge in [-0.25, -0.2) is 0 Å². The van der Waals surface area contributed by atoms with E-state index in [1.165, 1.54) is 0 Å². The third-order valence-corrected chi connectivity index (χ3v) is 4.25. The lowest BCUT2D eigenvalue weighted by molar-refractivity contribution is -0.196. The molecule has 4 heteroatoms. The lowest BCUT2D eigenvalue weighted by atomic mass is 9.90. The Kier molecular flexibility index (Phi) is 4.46. The van der Waals surface area contributed by atoms with Gasteiger partial charge in [0.1, 0.15) is 18.2 Å². The van der Waals surface area contributed by atoms with Crippen LogP contribution in [0, 0.1) is 0 Å². The summed E-state index contributed by atoms with van der Waals surface area (Å²) in [5.41, 5.74) is 1.53. The van der Waals surface area contributed by atoms with E-state index in [1.807, 2.05) is 67.6 Å². The summed E-state index contributed by atoms with van der Waals surface area (Å²) in [6, 6.07) is 19.2. The zero-order valence-electron chi connectivity index (χ0n) is 13.4. The first-order valence-corrected chi connectivity index (χ1v) is 7.76. The number of hydrogen-bond acceptors (Lipinski definition) is 4. The summed E-state index contributed by atoms with van der Waals surface area (Å²) in [6.45, 7) is 2.29. The van der Waals surface area contributed by atoms with Gasteiger partial charge >= 0.3 is 5.97 Å². The van der Waals surface area contributed by atoms with E-state index in [1.54, 1.807) is 12.1 Å². The van der Waals surface area contributed by atoms with Crippen LogP contribution in [0.1, 0.15) is 24.5 Å². The van der Waals surface area contributed by atoms with Crippen LogP contribution in [0.2, 0.25) is 0 Å². The highest BCUT2D eigenvalue weighted by Crippen LogP contribution is 2.38. The zero-order chi connectivity index (χ0) is 16.3. The monoisotopic (exact) mass is 311 g/mol. The molecule has 0 radical (unpaired) electrons. The summed E-state index contributed by atoms with van der Waals surface area (Å²) in [7, 11) is 1.78. The lowest BCUT2D eigenvalue weighted by Crippen LogP contribution is -2.33. The molecule has 0 aromatic heterocycles.